The third-order valence-corrected chi connectivity index (χ3v) is 5.90. The van der Waals surface area contributed by atoms with Crippen LogP contribution in [-0.2, 0) is 12.8 Å². The van der Waals surface area contributed by atoms with E-state index >= 15 is 0 Å². The monoisotopic (exact) mass is 365 g/mol. The molecule has 4 N–H and O–H groups in total. The molecule has 1 aliphatic rings. The molecule has 2 heterocycles. The van der Waals surface area contributed by atoms with Gasteiger partial charge in [-0.25, -0.2) is 0 Å². The van der Waals surface area contributed by atoms with Crippen LogP contribution in [0.5, 0.6) is 0 Å². The van der Waals surface area contributed by atoms with Gasteiger partial charge in [-0.15, -0.1) is 22.7 Å². The van der Waals surface area contributed by atoms with Crippen molar-refractivity contribution in [3.8, 4) is 0 Å². The molecule has 0 saturated carbocycles. The lowest BCUT2D eigenvalue weighted by molar-refractivity contribution is 0.0979. The standard InChI is InChI=1S/C15H15N3O2S3/c16-12(19)11-8-4-1-2-5-9(8)23-14(11)18-15(21)17-13(20)10-6-3-7-22-10/h3,6-7H,1-2,4-5H2,(H2,16,19)(H2,17,18,20,21). The van der Waals surface area contributed by atoms with Crippen LogP contribution >= 0.6 is 34.9 Å². The summed E-state index contributed by atoms with van der Waals surface area (Å²) in [6.07, 6.45) is 3.99. The van der Waals surface area contributed by atoms with Gasteiger partial charge in [-0.05, 0) is 54.9 Å². The molecule has 0 spiro atoms. The van der Waals surface area contributed by atoms with Crippen molar-refractivity contribution < 1.29 is 9.59 Å². The number of thiocarbonyl (C=S) groups is 1. The lowest BCUT2D eigenvalue weighted by atomic mass is 9.95. The molecule has 5 nitrogen and oxygen atoms in total. The highest BCUT2D eigenvalue weighted by Gasteiger charge is 2.24. The number of anilines is 1. The number of primary amides is 1. The molecule has 2 aromatic heterocycles. The highest BCUT2D eigenvalue weighted by atomic mass is 32.1. The van der Waals surface area contributed by atoms with Crippen molar-refractivity contribution in [3.63, 3.8) is 0 Å². The fourth-order valence-corrected chi connectivity index (χ4v) is 4.80. The Morgan fingerprint density at radius 3 is 2.74 bits per heavy atom. The lowest BCUT2D eigenvalue weighted by Crippen LogP contribution is -2.34. The molecule has 0 aliphatic heterocycles. The third-order valence-electron chi connectivity index (χ3n) is 3.62. The van der Waals surface area contributed by atoms with Gasteiger partial charge in [-0.3, -0.25) is 14.9 Å². The molecule has 2 amide bonds. The van der Waals surface area contributed by atoms with Crippen molar-refractivity contribution in [2.45, 2.75) is 25.7 Å². The lowest BCUT2D eigenvalue weighted by Gasteiger charge is -2.11. The van der Waals surface area contributed by atoms with Crippen LogP contribution in [0.4, 0.5) is 5.00 Å². The SMILES string of the molecule is NC(=O)c1c(NC(=S)NC(=O)c2cccs2)sc2c1CCCC2. The molecule has 0 fully saturated rings. The van der Waals surface area contributed by atoms with E-state index in [0.717, 1.165) is 31.2 Å². The zero-order valence-corrected chi connectivity index (χ0v) is 14.6. The summed E-state index contributed by atoms with van der Waals surface area (Å²) >= 11 is 8.02. The molecule has 0 radical (unpaired) electrons. The molecule has 120 valence electrons. The Kier molecular flexibility index (Phi) is 4.74. The molecule has 3 rings (SSSR count). The summed E-state index contributed by atoms with van der Waals surface area (Å²) in [6.45, 7) is 0. The first kappa shape index (κ1) is 16.1. The van der Waals surface area contributed by atoms with Gasteiger partial charge >= 0.3 is 0 Å². The number of aryl methyl sites for hydroxylation is 1. The van der Waals surface area contributed by atoms with E-state index in [4.69, 9.17) is 18.0 Å². The minimum Gasteiger partial charge on any atom is -0.365 e. The van der Waals surface area contributed by atoms with Crippen LogP contribution in [0.3, 0.4) is 0 Å². The number of hydrogen-bond donors (Lipinski definition) is 3. The summed E-state index contributed by atoms with van der Waals surface area (Å²) in [5.41, 5.74) is 7.08. The maximum absolute atomic E-state index is 12.0. The fourth-order valence-electron chi connectivity index (χ4n) is 2.62. The second-order valence-corrected chi connectivity index (χ2v) is 7.63. The first-order chi connectivity index (χ1) is 11.1. The van der Waals surface area contributed by atoms with Crippen LogP contribution in [-0.4, -0.2) is 16.9 Å². The first-order valence-electron chi connectivity index (χ1n) is 7.16. The van der Waals surface area contributed by atoms with E-state index in [-0.39, 0.29) is 11.0 Å². The Morgan fingerprint density at radius 1 is 1.26 bits per heavy atom. The van der Waals surface area contributed by atoms with Crippen molar-refractivity contribution in [3.05, 3.63) is 38.4 Å². The topological polar surface area (TPSA) is 84.2 Å². The molecular formula is C15H15N3O2S3. The Morgan fingerprint density at radius 2 is 2.04 bits per heavy atom. The van der Waals surface area contributed by atoms with Gasteiger partial charge in [0.1, 0.15) is 5.00 Å². The van der Waals surface area contributed by atoms with E-state index in [9.17, 15) is 9.59 Å². The van der Waals surface area contributed by atoms with Gasteiger partial charge in [0.15, 0.2) is 5.11 Å². The van der Waals surface area contributed by atoms with Crippen LogP contribution in [0.2, 0.25) is 0 Å². The zero-order valence-electron chi connectivity index (χ0n) is 12.2. The average molecular weight is 366 g/mol. The van der Waals surface area contributed by atoms with Crippen molar-refractivity contribution in [1.29, 1.82) is 0 Å². The van der Waals surface area contributed by atoms with Crippen LogP contribution in [0.1, 0.15) is 43.3 Å². The predicted octanol–water partition coefficient (Wildman–Crippen LogP) is 2.91. The van der Waals surface area contributed by atoms with Crippen molar-refractivity contribution >= 4 is 56.8 Å². The molecule has 23 heavy (non-hydrogen) atoms. The van der Waals surface area contributed by atoms with Gasteiger partial charge in [0.2, 0.25) is 0 Å². The molecule has 0 unspecified atom stereocenters. The summed E-state index contributed by atoms with van der Waals surface area (Å²) < 4.78 is 0. The largest absolute Gasteiger partial charge is 0.365 e. The Balaban J connectivity index is 1.77. The third kappa shape index (κ3) is 3.44. The van der Waals surface area contributed by atoms with Gasteiger partial charge < -0.3 is 11.1 Å². The second-order valence-electron chi connectivity index (χ2n) is 5.16. The average Bonchev–Trinajstić information content (AvgIpc) is 3.14. The number of rotatable bonds is 3. The predicted molar refractivity (Wildman–Crippen MR) is 97.5 cm³/mol. The van der Waals surface area contributed by atoms with E-state index in [0.29, 0.717) is 15.4 Å². The van der Waals surface area contributed by atoms with Crippen LogP contribution in [0, 0.1) is 0 Å². The number of carbonyl (C=O) groups is 2. The minimum atomic E-state index is -0.459. The van der Waals surface area contributed by atoms with Crippen molar-refractivity contribution in [1.82, 2.24) is 5.32 Å². The number of carbonyl (C=O) groups excluding carboxylic acids is 2. The number of amides is 2. The van der Waals surface area contributed by atoms with Crippen LogP contribution in [0.25, 0.3) is 0 Å². The minimum absolute atomic E-state index is 0.171. The van der Waals surface area contributed by atoms with Crippen molar-refractivity contribution in [2.24, 2.45) is 5.73 Å². The molecule has 1 aliphatic carbocycles. The van der Waals surface area contributed by atoms with E-state index in [2.05, 4.69) is 10.6 Å². The second kappa shape index (κ2) is 6.77. The summed E-state index contributed by atoms with van der Waals surface area (Å²) in [6, 6.07) is 3.52. The van der Waals surface area contributed by atoms with Gasteiger partial charge in [0.05, 0.1) is 10.4 Å². The number of nitrogens with two attached hydrogens (primary N) is 1. The van der Waals surface area contributed by atoms with Crippen molar-refractivity contribution in [2.75, 3.05) is 5.32 Å². The summed E-state index contributed by atoms with van der Waals surface area (Å²) in [5, 5.41) is 8.21. The van der Waals surface area contributed by atoms with E-state index in [1.807, 2.05) is 5.38 Å². The van der Waals surface area contributed by atoms with E-state index in [1.54, 1.807) is 12.1 Å². The fraction of sp³-hybridized carbons (Fsp3) is 0.267. The molecule has 8 heteroatoms. The maximum atomic E-state index is 12.0. The number of fused-ring (bicyclic) bond motifs is 1. The van der Waals surface area contributed by atoms with E-state index in [1.165, 1.54) is 27.6 Å². The molecule has 0 atom stereocenters. The Bertz CT molecular complexity index is 765. The quantitative estimate of drug-likeness (QED) is 0.730. The summed E-state index contributed by atoms with van der Waals surface area (Å²) in [4.78, 5) is 25.6. The number of hydrogen-bond acceptors (Lipinski definition) is 5. The summed E-state index contributed by atoms with van der Waals surface area (Å²) in [7, 11) is 0. The molecule has 2 aromatic rings. The van der Waals surface area contributed by atoms with Crippen LogP contribution < -0.4 is 16.4 Å². The Labute approximate surface area is 146 Å². The highest BCUT2D eigenvalue weighted by Crippen LogP contribution is 2.37. The molecule has 0 bridgehead atoms. The van der Waals surface area contributed by atoms with E-state index < -0.39 is 5.91 Å². The number of thiophene rings is 2. The maximum Gasteiger partial charge on any atom is 0.267 e. The zero-order chi connectivity index (χ0) is 16.4. The molecule has 0 aromatic carbocycles. The Hall–Kier alpha value is -1.77. The van der Waals surface area contributed by atoms with Gasteiger partial charge in [0.25, 0.3) is 11.8 Å². The summed E-state index contributed by atoms with van der Waals surface area (Å²) in [5.74, 6) is -0.723. The van der Waals surface area contributed by atoms with Gasteiger partial charge in [-0.2, -0.15) is 0 Å². The molecular weight excluding hydrogens is 350 g/mol. The number of nitrogens with one attached hydrogen (secondary N) is 2. The van der Waals surface area contributed by atoms with Crippen LogP contribution in [0.15, 0.2) is 17.5 Å². The van der Waals surface area contributed by atoms with Gasteiger partial charge in [-0.1, -0.05) is 6.07 Å². The first-order valence-corrected chi connectivity index (χ1v) is 9.27. The van der Waals surface area contributed by atoms with Gasteiger partial charge in [0, 0.05) is 4.88 Å². The normalized spacial score (nSPS) is 13.2. The molecule has 0 saturated heterocycles. The smallest absolute Gasteiger partial charge is 0.267 e. The highest BCUT2D eigenvalue weighted by molar-refractivity contribution is 7.80.